The Morgan fingerprint density at radius 2 is 1.81 bits per heavy atom. The maximum atomic E-state index is 13.3. The van der Waals surface area contributed by atoms with Crippen LogP contribution in [0.15, 0.2) is 65.1 Å². The number of carbonyl (C=O) groups is 3. The van der Waals surface area contributed by atoms with Gasteiger partial charge in [-0.1, -0.05) is 63.4 Å². The van der Waals surface area contributed by atoms with Crippen molar-refractivity contribution in [1.82, 2.24) is 15.7 Å². The van der Waals surface area contributed by atoms with Gasteiger partial charge in [0.05, 0.1) is 25.2 Å². The van der Waals surface area contributed by atoms with Crippen LogP contribution < -0.4 is 15.4 Å². The second kappa shape index (κ2) is 16.8. The molecule has 0 unspecified atom stereocenters. The van der Waals surface area contributed by atoms with Crippen LogP contribution in [0, 0.1) is 5.92 Å². The van der Waals surface area contributed by atoms with Crippen LogP contribution >= 0.6 is 0 Å². The van der Waals surface area contributed by atoms with Gasteiger partial charge in [0.1, 0.15) is 23.9 Å². The van der Waals surface area contributed by atoms with Crippen molar-refractivity contribution < 1.29 is 33.5 Å². The van der Waals surface area contributed by atoms with E-state index in [1.165, 1.54) is 23.3 Å². The highest BCUT2D eigenvalue weighted by molar-refractivity contribution is 5.92. The van der Waals surface area contributed by atoms with Crippen LogP contribution in [-0.4, -0.2) is 47.7 Å². The highest BCUT2D eigenvalue weighted by Gasteiger charge is 2.32. The number of phenolic OH excluding ortho intramolecular Hbond substituents is 1. The van der Waals surface area contributed by atoms with E-state index >= 15 is 0 Å². The van der Waals surface area contributed by atoms with E-state index in [1.54, 1.807) is 12.1 Å². The predicted molar refractivity (Wildman–Crippen MR) is 158 cm³/mol. The molecule has 1 heterocycles. The standard InChI is InChI=1S/C32H41N3O7/c1-4-7-9-14-27(28(5-2)35(22-36)41-20-23-12-10-8-11-13-23)31(38)33-21-34-32(39)30-16-15-29(42-30)24-17-25(37)19-26(18-24)40-6-3/h8,10-13,15-19,22,27-28,37H,4-7,9,14,20-21H2,1-3H3,(H,33,38)(H,34,39)/t27-,28-/m1/s1. The van der Waals surface area contributed by atoms with Crippen molar-refractivity contribution in [3.8, 4) is 22.8 Å². The van der Waals surface area contributed by atoms with Gasteiger partial charge in [0.15, 0.2) is 5.76 Å². The van der Waals surface area contributed by atoms with Gasteiger partial charge in [-0.15, -0.1) is 0 Å². The molecule has 0 spiro atoms. The van der Waals surface area contributed by atoms with Crippen molar-refractivity contribution >= 4 is 18.2 Å². The summed E-state index contributed by atoms with van der Waals surface area (Å²) >= 11 is 0. The average molecular weight is 580 g/mol. The van der Waals surface area contributed by atoms with Gasteiger partial charge >= 0.3 is 0 Å². The van der Waals surface area contributed by atoms with Crippen molar-refractivity contribution in [3.05, 3.63) is 72.0 Å². The lowest BCUT2D eigenvalue weighted by molar-refractivity contribution is -0.200. The van der Waals surface area contributed by atoms with E-state index in [-0.39, 0.29) is 30.7 Å². The van der Waals surface area contributed by atoms with Gasteiger partial charge in [-0.3, -0.25) is 19.2 Å². The van der Waals surface area contributed by atoms with Crippen LogP contribution in [-0.2, 0) is 21.0 Å². The lowest BCUT2D eigenvalue weighted by Gasteiger charge is -2.32. The molecule has 3 aromatic rings. The van der Waals surface area contributed by atoms with Gasteiger partial charge in [0.25, 0.3) is 5.91 Å². The van der Waals surface area contributed by atoms with Gasteiger partial charge in [0.2, 0.25) is 12.3 Å². The summed E-state index contributed by atoms with van der Waals surface area (Å²) in [6, 6.07) is 16.9. The molecule has 0 aliphatic heterocycles. The van der Waals surface area contributed by atoms with Crippen molar-refractivity contribution in [2.45, 2.75) is 65.5 Å². The molecule has 0 saturated heterocycles. The number of ether oxygens (including phenoxy) is 1. The number of nitrogens with one attached hydrogen (secondary N) is 2. The Bertz CT molecular complexity index is 1280. The summed E-state index contributed by atoms with van der Waals surface area (Å²) in [4.78, 5) is 43.9. The van der Waals surface area contributed by atoms with E-state index in [4.69, 9.17) is 14.0 Å². The summed E-state index contributed by atoms with van der Waals surface area (Å²) in [5, 5.41) is 16.7. The van der Waals surface area contributed by atoms with E-state index in [2.05, 4.69) is 17.6 Å². The number of phenols is 1. The van der Waals surface area contributed by atoms with Crippen LogP contribution in [0.5, 0.6) is 11.5 Å². The highest BCUT2D eigenvalue weighted by atomic mass is 16.7. The fraction of sp³-hybridized carbons (Fsp3) is 0.406. The molecule has 2 atom stereocenters. The normalized spacial score (nSPS) is 12.3. The number of aromatic hydroxyl groups is 1. The Morgan fingerprint density at radius 1 is 1.02 bits per heavy atom. The lowest BCUT2D eigenvalue weighted by Crippen LogP contribution is -2.48. The summed E-state index contributed by atoms with van der Waals surface area (Å²) < 4.78 is 11.2. The Hall–Kier alpha value is -4.31. The fourth-order valence-corrected chi connectivity index (χ4v) is 4.70. The highest BCUT2D eigenvalue weighted by Crippen LogP contribution is 2.30. The van der Waals surface area contributed by atoms with E-state index < -0.39 is 17.9 Å². The third-order valence-electron chi connectivity index (χ3n) is 6.82. The summed E-state index contributed by atoms with van der Waals surface area (Å²) in [5.74, 6) is -0.396. The number of hydrogen-bond acceptors (Lipinski definition) is 7. The largest absolute Gasteiger partial charge is 0.508 e. The molecule has 0 fully saturated rings. The monoisotopic (exact) mass is 579 g/mol. The number of carbonyl (C=O) groups excluding carboxylic acids is 3. The lowest BCUT2D eigenvalue weighted by atomic mass is 9.90. The van der Waals surface area contributed by atoms with Crippen molar-refractivity contribution in [1.29, 1.82) is 0 Å². The predicted octanol–water partition coefficient (Wildman–Crippen LogP) is 5.42. The molecule has 226 valence electrons. The number of hydrogen-bond donors (Lipinski definition) is 3. The first-order valence-electron chi connectivity index (χ1n) is 14.4. The first-order chi connectivity index (χ1) is 20.4. The molecular formula is C32H41N3O7. The third kappa shape index (κ3) is 9.37. The van der Waals surface area contributed by atoms with Gasteiger partial charge in [-0.2, -0.15) is 0 Å². The second-order valence-corrected chi connectivity index (χ2v) is 9.84. The number of hydroxylamine groups is 2. The average Bonchev–Trinajstić information content (AvgIpc) is 3.49. The van der Waals surface area contributed by atoms with Crippen LogP contribution in [0.3, 0.4) is 0 Å². The Morgan fingerprint density at radius 3 is 2.50 bits per heavy atom. The van der Waals surface area contributed by atoms with Gasteiger partial charge in [-0.05, 0) is 49.6 Å². The molecule has 3 rings (SSSR count). The summed E-state index contributed by atoms with van der Waals surface area (Å²) in [7, 11) is 0. The molecule has 3 amide bonds. The Balaban J connectivity index is 1.62. The zero-order valence-corrected chi connectivity index (χ0v) is 24.5. The van der Waals surface area contributed by atoms with Crippen molar-refractivity contribution in [2.75, 3.05) is 13.3 Å². The van der Waals surface area contributed by atoms with Crippen LogP contribution in [0.2, 0.25) is 0 Å². The molecular weight excluding hydrogens is 538 g/mol. The van der Waals surface area contributed by atoms with Crippen LogP contribution in [0.1, 0.15) is 69.0 Å². The maximum Gasteiger partial charge on any atom is 0.288 e. The quantitative estimate of drug-likeness (QED) is 0.0794. The third-order valence-corrected chi connectivity index (χ3v) is 6.82. The van der Waals surface area contributed by atoms with Crippen LogP contribution in [0.25, 0.3) is 11.3 Å². The summed E-state index contributed by atoms with van der Waals surface area (Å²) in [6.07, 6.45) is 4.47. The number of rotatable bonds is 18. The Kier molecular flexibility index (Phi) is 12.9. The number of amides is 3. The second-order valence-electron chi connectivity index (χ2n) is 9.84. The molecule has 0 bridgehead atoms. The molecule has 10 nitrogen and oxygen atoms in total. The van der Waals surface area contributed by atoms with E-state index in [0.29, 0.717) is 42.9 Å². The van der Waals surface area contributed by atoms with E-state index in [1.807, 2.05) is 44.2 Å². The SMILES string of the molecule is CCCCC[C@@H](C(=O)NCNC(=O)c1ccc(-c2cc(O)cc(OCC)c2)o1)[C@@H](CC)N(C=O)OCc1ccccc1. The zero-order chi connectivity index (χ0) is 30.3. The summed E-state index contributed by atoms with van der Waals surface area (Å²) in [5.41, 5.74) is 1.47. The van der Waals surface area contributed by atoms with Crippen molar-refractivity contribution in [2.24, 2.45) is 5.92 Å². The maximum absolute atomic E-state index is 13.3. The molecule has 0 saturated carbocycles. The summed E-state index contributed by atoms with van der Waals surface area (Å²) in [6.45, 7) is 6.35. The van der Waals surface area contributed by atoms with E-state index in [9.17, 15) is 19.5 Å². The topological polar surface area (TPSA) is 130 Å². The van der Waals surface area contributed by atoms with Gasteiger partial charge < -0.3 is 24.9 Å². The van der Waals surface area contributed by atoms with E-state index in [0.717, 1.165) is 24.8 Å². The number of benzene rings is 2. The van der Waals surface area contributed by atoms with Crippen molar-refractivity contribution in [3.63, 3.8) is 0 Å². The van der Waals surface area contributed by atoms with Gasteiger partial charge in [-0.25, -0.2) is 5.06 Å². The molecule has 2 aromatic carbocycles. The van der Waals surface area contributed by atoms with Crippen LogP contribution in [0.4, 0.5) is 0 Å². The molecule has 0 radical (unpaired) electrons. The smallest absolute Gasteiger partial charge is 0.288 e. The number of unbranched alkanes of at least 4 members (excludes halogenated alkanes) is 2. The first-order valence-corrected chi connectivity index (χ1v) is 14.4. The molecule has 42 heavy (non-hydrogen) atoms. The molecule has 0 aliphatic rings. The Labute approximate surface area is 246 Å². The number of nitrogens with zero attached hydrogens (tertiary/aromatic N) is 1. The minimum absolute atomic E-state index is 0.0125. The molecule has 3 N–H and O–H groups in total. The minimum Gasteiger partial charge on any atom is -0.508 e. The fourth-order valence-electron chi connectivity index (χ4n) is 4.70. The molecule has 10 heteroatoms. The number of furan rings is 1. The molecule has 1 aromatic heterocycles. The zero-order valence-electron chi connectivity index (χ0n) is 24.5. The first kappa shape index (κ1) is 32.2. The van der Waals surface area contributed by atoms with Gasteiger partial charge in [0, 0.05) is 11.6 Å². The minimum atomic E-state index is -0.528. The molecule has 0 aliphatic carbocycles.